The first kappa shape index (κ1) is 12.9. The number of hydrogen-bond acceptors (Lipinski definition) is 6. The molecule has 6 heteroatoms. The Morgan fingerprint density at radius 1 is 1.00 bits per heavy atom. The van der Waals surface area contributed by atoms with E-state index in [0.29, 0.717) is 37.1 Å². The number of fused-ring (bicyclic) bond motifs is 1. The van der Waals surface area contributed by atoms with Crippen LogP contribution in [0.5, 0.6) is 11.5 Å². The molecular formula is C16H14N2O4. The molecule has 6 nitrogen and oxygen atoms in total. The summed E-state index contributed by atoms with van der Waals surface area (Å²) in [6.07, 6.45) is 3.03. The highest BCUT2D eigenvalue weighted by Gasteiger charge is 2.15. The first-order chi connectivity index (χ1) is 10.9. The van der Waals surface area contributed by atoms with Crippen LogP contribution in [-0.4, -0.2) is 23.4 Å². The van der Waals surface area contributed by atoms with Gasteiger partial charge in [-0.3, -0.25) is 0 Å². The van der Waals surface area contributed by atoms with E-state index < -0.39 is 0 Å². The van der Waals surface area contributed by atoms with Crippen LogP contribution >= 0.6 is 0 Å². The monoisotopic (exact) mass is 298 g/mol. The third kappa shape index (κ3) is 2.55. The van der Waals surface area contributed by atoms with Gasteiger partial charge >= 0.3 is 0 Å². The smallest absolute Gasteiger partial charge is 0.227 e. The molecule has 3 aromatic rings. The number of aromatic nitrogens is 2. The van der Waals surface area contributed by atoms with E-state index in [-0.39, 0.29) is 0 Å². The zero-order valence-electron chi connectivity index (χ0n) is 11.8. The predicted molar refractivity (Wildman–Crippen MR) is 76.8 cm³/mol. The van der Waals surface area contributed by atoms with Crippen molar-refractivity contribution in [1.29, 1.82) is 0 Å². The number of nitrogens with zero attached hydrogens (tertiary/aromatic N) is 2. The van der Waals surface area contributed by atoms with Crippen molar-refractivity contribution in [3.8, 4) is 22.9 Å². The average Bonchev–Trinajstić information content (AvgIpc) is 3.24. The van der Waals surface area contributed by atoms with Crippen LogP contribution in [0.2, 0.25) is 0 Å². The number of ether oxygens (including phenoxy) is 2. The molecule has 0 spiro atoms. The molecule has 112 valence electrons. The summed E-state index contributed by atoms with van der Waals surface area (Å²) in [5.74, 6) is 3.49. The van der Waals surface area contributed by atoms with Gasteiger partial charge < -0.3 is 18.4 Å². The fourth-order valence-electron chi connectivity index (χ4n) is 2.34. The summed E-state index contributed by atoms with van der Waals surface area (Å²) in [7, 11) is 0. The molecule has 0 fully saturated rings. The van der Waals surface area contributed by atoms with Gasteiger partial charge in [0, 0.05) is 18.4 Å². The molecule has 1 aliphatic rings. The molecule has 0 bridgehead atoms. The Morgan fingerprint density at radius 2 is 1.91 bits per heavy atom. The van der Waals surface area contributed by atoms with E-state index in [1.807, 2.05) is 30.3 Å². The molecule has 4 rings (SSSR count). The molecule has 0 atom stereocenters. The Hall–Kier alpha value is -2.76. The molecule has 2 aromatic heterocycles. The van der Waals surface area contributed by atoms with Crippen molar-refractivity contribution < 1.29 is 18.4 Å². The first-order valence-corrected chi connectivity index (χ1v) is 7.13. The Bertz CT molecular complexity index is 764. The molecule has 1 aliphatic heterocycles. The highest BCUT2D eigenvalue weighted by molar-refractivity contribution is 5.60. The fourth-order valence-corrected chi connectivity index (χ4v) is 2.34. The van der Waals surface area contributed by atoms with Crippen LogP contribution in [0.1, 0.15) is 11.7 Å². The molecule has 0 radical (unpaired) electrons. The molecule has 22 heavy (non-hydrogen) atoms. The minimum Gasteiger partial charge on any atom is -0.486 e. The Kier molecular flexibility index (Phi) is 3.27. The van der Waals surface area contributed by atoms with Crippen LogP contribution in [0.4, 0.5) is 0 Å². The largest absolute Gasteiger partial charge is 0.486 e. The minimum absolute atomic E-state index is 0.548. The summed E-state index contributed by atoms with van der Waals surface area (Å²) < 4.78 is 21.6. The van der Waals surface area contributed by atoms with Gasteiger partial charge in [0.05, 0.1) is 6.26 Å². The number of furan rings is 1. The third-order valence-electron chi connectivity index (χ3n) is 3.43. The molecule has 1 aromatic carbocycles. The molecule has 0 aliphatic carbocycles. The summed E-state index contributed by atoms with van der Waals surface area (Å²) in [5.41, 5.74) is 0.845. The van der Waals surface area contributed by atoms with Crippen molar-refractivity contribution in [2.75, 3.05) is 13.2 Å². The maximum absolute atomic E-state index is 5.57. The molecule has 0 unspecified atom stereocenters. The van der Waals surface area contributed by atoms with Crippen LogP contribution in [0.25, 0.3) is 11.4 Å². The van der Waals surface area contributed by atoms with Crippen molar-refractivity contribution in [2.24, 2.45) is 0 Å². The number of hydrogen-bond donors (Lipinski definition) is 0. The van der Waals surface area contributed by atoms with Gasteiger partial charge in [-0.05, 0) is 30.3 Å². The second kappa shape index (κ2) is 5.55. The van der Waals surface area contributed by atoms with E-state index in [1.165, 1.54) is 0 Å². The lowest BCUT2D eigenvalue weighted by Crippen LogP contribution is -2.15. The van der Waals surface area contributed by atoms with Gasteiger partial charge in [0.25, 0.3) is 0 Å². The summed E-state index contributed by atoms with van der Waals surface area (Å²) >= 11 is 0. The summed E-state index contributed by atoms with van der Waals surface area (Å²) in [5, 5.41) is 4.02. The average molecular weight is 298 g/mol. The lowest BCUT2D eigenvalue weighted by molar-refractivity contribution is 0.171. The van der Waals surface area contributed by atoms with Crippen molar-refractivity contribution >= 4 is 0 Å². The van der Waals surface area contributed by atoms with Crippen LogP contribution in [0, 0.1) is 0 Å². The molecular weight excluding hydrogens is 284 g/mol. The zero-order valence-corrected chi connectivity index (χ0v) is 11.8. The lowest BCUT2D eigenvalue weighted by atomic mass is 10.2. The summed E-state index contributed by atoms with van der Waals surface area (Å²) in [4.78, 5) is 4.41. The number of benzene rings is 1. The number of rotatable bonds is 4. The minimum atomic E-state index is 0.548. The van der Waals surface area contributed by atoms with Gasteiger partial charge in [0.2, 0.25) is 11.7 Å². The maximum atomic E-state index is 5.57. The Morgan fingerprint density at radius 3 is 2.77 bits per heavy atom. The highest BCUT2D eigenvalue weighted by atomic mass is 16.6. The van der Waals surface area contributed by atoms with E-state index in [4.69, 9.17) is 18.4 Å². The maximum Gasteiger partial charge on any atom is 0.227 e. The van der Waals surface area contributed by atoms with Crippen molar-refractivity contribution in [3.05, 3.63) is 48.2 Å². The van der Waals surface area contributed by atoms with Gasteiger partial charge in [-0.25, -0.2) is 0 Å². The standard InChI is InChI=1S/C16H14N2O4/c1-2-12(19-7-1)4-6-15-17-16(18-22-15)11-3-5-13-14(10-11)21-9-8-20-13/h1-3,5,7,10H,4,6,8-9H2. The Labute approximate surface area is 126 Å². The van der Waals surface area contributed by atoms with Crippen LogP contribution < -0.4 is 9.47 Å². The van der Waals surface area contributed by atoms with Crippen molar-refractivity contribution in [3.63, 3.8) is 0 Å². The van der Waals surface area contributed by atoms with Crippen LogP contribution in [-0.2, 0) is 12.8 Å². The van der Waals surface area contributed by atoms with E-state index >= 15 is 0 Å². The lowest BCUT2D eigenvalue weighted by Gasteiger charge is -2.18. The SMILES string of the molecule is c1coc(CCc2nc(-c3ccc4c(c3)OCCO4)no2)c1. The molecule has 0 N–H and O–H groups in total. The van der Waals surface area contributed by atoms with Crippen molar-refractivity contribution in [1.82, 2.24) is 10.1 Å². The Balaban J connectivity index is 1.51. The molecule has 0 saturated carbocycles. The third-order valence-corrected chi connectivity index (χ3v) is 3.43. The van der Waals surface area contributed by atoms with Gasteiger partial charge in [-0.15, -0.1) is 0 Å². The highest BCUT2D eigenvalue weighted by Crippen LogP contribution is 2.33. The predicted octanol–water partition coefficient (Wildman–Crippen LogP) is 2.89. The fraction of sp³-hybridized carbons (Fsp3) is 0.250. The van der Waals surface area contributed by atoms with E-state index in [0.717, 1.165) is 23.5 Å². The molecule has 0 saturated heterocycles. The normalized spacial score (nSPS) is 13.3. The second-order valence-corrected chi connectivity index (χ2v) is 4.95. The summed E-state index contributed by atoms with van der Waals surface area (Å²) in [6.45, 7) is 1.13. The summed E-state index contributed by atoms with van der Waals surface area (Å²) in [6, 6.07) is 9.43. The van der Waals surface area contributed by atoms with E-state index in [9.17, 15) is 0 Å². The van der Waals surface area contributed by atoms with Gasteiger partial charge in [-0.1, -0.05) is 5.16 Å². The van der Waals surface area contributed by atoms with Crippen molar-refractivity contribution in [2.45, 2.75) is 12.8 Å². The van der Waals surface area contributed by atoms with Crippen LogP contribution in [0.15, 0.2) is 45.5 Å². The topological polar surface area (TPSA) is 70.5 Å². The number of aryl methyl sites for hydroxylation is 2. The van der Waals surface area contributed by atoms with Gasteiger partial charge in [-0.2, -0.15) is 4.98 Å². The van der Waals surface area contributed by atoms with Gasteiger partial charge in [0.1, 0.15) is 19.0 Å². The quantitative estimate of drug-likeness (QED) is 0.737. The van der Waals surface area contributed by atoms with Crippen LogP contribution in [0.3, 0.4) is 0 Å². The van der Waals surface area contributed by atoms with Gasteiger partial charge in [0.15, 0.2) is 11.5 Å². The van der Waals surface area contributed by atoms with E-state index in [2.05, 4.69) is 10.1 Å². The first-order valence-electron chi connectivity index (χ1n) is 7.13. The second-order valence-electron chi connectivity index (χ2n) is 4.95. The zero-order chi connectivity index (χ0) is 14.8. The van der Waals surface area contributed by atoms with E-state index in [1.54, 1.807) is 6.26 Å². The molecule has 0 amide bonds. The molecule has 3 heterocycles.